The summed E-state index contributed by atoms with van der Waals surface area (Å²) in [6.45, 7) is 2.64. The number of fused-ring (bicyclic) bond motifs is 5. The van der Waals surface area contributed by atoms with Crippen molar-refractivity contribution in [2.24, 2.45) is 46.3 Å². The van der Waals surface area contributed by atoms with Crippen LogP contribution in [0.4, 0.5) is 0 Å². The van der Waals surface area contributed by atoms with Gasteiger partial charge in [-0.1, -0.05) is 20.8 Å². The Bertz CT molecular complexity index is 1110. The third-order valence-corrected chi connectivity index (χ3v) is 11.0. The Labute approximate surface area is 247 Å². The van der Waals surface area contributed by atoms with E-state index in [1.165, 1.54) is 0 Å². The van der Waals surface area contributed by atoms with Crippen LogP contribution in [0, 0.1) is 46.3 Å². The molecule has 2 unspecified atom stereocenters. The van der Waals surface area contributed by atoms with Gasteiger partial charge in [-0.2, -0.15) is 8.42 Å². The van der Waals surface area contributed by atoms with E-state index < -0.39 is 45.9 Å². The fraction of sp³-hybridized carbons (Fsp3) is 0.962. The van der Waals surface area contributed by atoms with Crippen LogP contribution in [0.15, 0.2) is 0 Å². The van der Waals surface area contributed by atoms with Gasteiger partial charge in [0.15, 0.2) is 1.41 Å². The minimum Gasteiger partial charge on any atom is -1.00 e. The van der Waals surface area contributed by atoms with Crippen molar-refractivity contribution < 1.29 is 71.0 Å². The Morgan fingerprint density at radius 2 is 1.86 bits per heavy atom. The summed E-state index contributed by atoms with van der Waals surface area (Å²) >= 11 is 0. The fourth-order valence-corrected chi connectivity index (χ4v) is 9.04. The van der Waals surface area contributed by atoms with Crippen LogP contribution < -0.4 is 34.9 Å². The van der Waals surface area contributed by atoms with E-state index in [4.69, 9.17) is 11.4 Å². The quantitative estimate of drug-likeness (QED) is 0.214. The predicted molar refractivity (Wildman–Crippen MR) is 133 cm³/mol. The molecule has 1 amide bonds. The molecule has 0 saturated heterocycles. The zero-order valence-corrected chi connectivity index (χ0v) is 24.7. The molecule has 204 valence electrons. The summed E-state index contributed by atoms with van der Waals surface area (Å²) in [5, 5.41) is 33.0. The molecule has 0 aromatic carbocycles. The molecule has 0 bridgehead atoms. The van der Waals surface area contributed by atoms with Gasteiger partial charge >= 0.3 is 29.6 Å². The normalized spacial score (nSPS) is 47.8. The predicted octanol–water partition coefficient (Wildman–Crippen LogP) is -0.515. The van der Waals surface area contributed by atoms with Crippen molar-refractivity contribution >= 4 is 16.0 Å². The molecule has 0 spiro atoms. The number of amides is 1. The van der Waals surface area contributed by atoms with Crippen molar-refractivity contribution in [3.8, 4) is 0 Å². The van der Waals surface area contributed by atoms with E-state index in [0.717, 1.165) is 25.7 Å². The number of aliphatic hydroxyl groups is 3. The molecule has 0 radical (unpaired) electrons. The number of aliphatic hydroxyl groups excluding tert-OH is 3. The zero-order valence-electron chi connectivity index (χ0n) is 27.9. The molecule has 8 nitrogen and oxygen atoms in total. The van der Waals surface area contributed by atoms with E-state index in [0.29, 0.717) is 19.3 Å². The SMILES string of the molecule is [2H]N(C(=O)CC[C@@H](C)[C@H]1CCC2[C@H]3[C@H](O)CC4C[C@H](O)CC[C@]4(C)[C@@H]3C[C@H](O)[C@@]21C)C([2H])([2H])C([2H])([2H])S(=O)(=O)O.[H-].[Na+]. The van der Waals surface area contributed by atoms with Crippen LogP contribution in [-0.4, -0.2) is 64.7 Å². The van der Waals surface area contributed by atoms with E-state index >= 15 is 0 Å². The van der Waals surface area contributed by atoms with Crippen molar-refractivity contribution in [3.05, 3.63) is 0 Å². The summed E-state index contributed by atoms with van der Waals surface area (Å²) in [4.78, 5) is 12.7. The number of hydrogen-bond acceptors (Lipinski definition) is 6. The molecule has 10 heteroatoms. The molecule has 0 aliphatic heterocycles. The molecule has 4 fully saturated rings. The molecule has 4 saturated carbocycles. The van der Waals surface area contributed by atoms with Crippen molar-refractivity contribution in [1.82, 2.24) is 5.31 Å². The van der Waals surface area contributed by atoms with Crippen molar-refractivity contribution in [2.75, 3.05) is 12.2 Å². The minimum absolute atomic E-state index is 0. The number of carbonyl (C=O) groups is 1. The first kappa shape index (κ1) is 24.1. The van der Waals surface area contributed by atoms with Gasteiger partial charge in [0, 0.05) is 15.7 Å². The summed E-state index contributed by atoms with van der Waals surface area (Å²) in [5.74, 6) is -0.782. The number of hydrogen-bond donors (Lipinski definition) is 5. The largest absolute Gasteiger partial charge is 1.00 e. The van der Waals surface area contributed by atoms with Crippen molar-refractivity contribution in [2.45, 2.75) is 96.9 Å². The van der Waals surface area contributed by atoms with Gasteiger partial charge in [-0.3, -0.25) is 9.35 Å². The van der Waals surface area contributed by atoms with Gasteiger partial charge in [-0.15, -0.1) is 0 Å². The van der Waals surface area contributed by atoms with Gasteiger partial charge in [0.25, 0.3) is 10.1 Å². The van der Waals surface area contributed by atoms with Crippen molar-refractivity contribution in [3.63, 3.8) is 0 Å². The second kappa shape index (κ2) is 11.4. The second-order valence-electron chi connectivity index (χ2n) is 12.2. The maximum Gasteiger partial charge on any atom is 1.00 e. The second-order valence-corrected chi connectivity index (χ2v) is 13.4. The van der Waals surface area contributed by atoms with E-state index in [2.05, 4.69) is 13.8 Å². The Kier molecular flexibility index (Phi) is 7.63. The molecule has 5 N–H and O–H groups in total. The molecule has 0 aromatic heterocycles. The van der Waals surface area contributed by atoms with Crippen molar-refractivity contribution in [1.29, 1.82) is 0 Å². The standard InChI is InChI=1S/C26H45NO7S.Na.H/c1-15(4-7-23(31)27-10-11-35(32,33)34)18-5-6-19-24-20(14-22(30)26(18,19)3)25(2)9-8-17(28)12-16(25)13-21(24)29;;/h15-22,24,28-30H,4-14H2,1-3H3,(H,27,31)(H,32,33,34);;/q;+1;-1/t15-,16?,17-,18-,19?,20-,21-,22+,24-,25+,26-;;/m1../s1/i10D2,11D2;;/hD. The maximum absolute atomic E-state index is 12.7. The van der Waals surface area contributed by atoms with Crippen LogP contribution in [0.1, 0.15) is 85.5 Å². The van der Waals surface area contributed by atoms with Crippen LogP contribution in [0.5, 0.6) is 0 Å². The first-order valence-corrected chi connectivity index (χ1v) is 14.5. The molecular formula is C26H46NNaO7S. The monoisotopic (exact) mass is 544 g/mol. The molecule has 4 rings (SSSR count). The average Bonchev–Trinajstić information content (AvgIpc) is 3.21. The Morgan fingerprint density at radius 3 is 2.53 bits per heavy atom. The summed E-state index contributed by atoms with van der Waals surface area (Å²) in [6.07, 6.45) is 3.48. The number of rotatable bonds is 7. The van der Waals surface area contributed by atoms with Crippen LogP contribution in [-0.2, 0) is 14.9 Å². The van der Waals surface area contributed by atoms with E-state index in [1.807, 2.05) is 6.92 Å². The number of carbonyl (C=O) groups excluding carboxylic acids is 1. The summed E-state index contributed by atoms with van der Waals surface area (Å²) < 4.78 is 70.1. The number of nitrogens with one attached hydrogen (secondary N) is 1. The summed E-state index contributed by atoms with van der Waals surface area (Å²) in [5.41, 5.74) is -4.46. The van der Waals surface area contributed by atoms with Crippen LogP contribution >= 0.6 is 0 Å². The minimum atomic E-state index is -5.56. The first-order valence-electron chi connectivity index (χ1n) is 15.5. The average molecular weight is 545 g/mol. The van der Waals surface area contributed by atoms with E-state index in [1.54, 1.807) is 0 Å². The molecule has 0 aromatic rings. The van der Waals surface area contributed by atoms with Gasteiger partial charge in [0.1, 0.15) is 0 Å². The van der Waals surface area contributed by atoms with Gasteiger partial charge in [-0.05, 0) is 97.7 Å². The van der Waals surface area contributed by atoms with Crippen LogP contribution in [0.25, 0.3) is 0 Å². The van der Waals surface area contributed by atoms with Crippen LogP contribution in [0.3, 0.4) is 0 Å². The molecule has 0 heterocycles. The maximum atomic E-state index is 12.7. The molecule has 4 aliphatic carbocycles. The molecule has 4 aliphatic rings. The third kappa shape index (κ3) is 5.74. The molecule has 36 heavy (non-hydrogen) atoms. The first-order chi connectivity index (χ1) is 18.2. The summed E-state index contributed by atoms with van der Waals surface area (Å²) in [6, 6.07) is 0. The van der Waals surface area contributed by atoms with E-state index in [-0.39, 0.29) is 96.2 Å². The van der Waals surface area contributed by atoms with Gasteiger partial charge in [-0.25, -0.2) is 0 Å². The zero-order chi connectivity index (χ0) is 30.2. The Morgan fingerprint density at radius 1 is 1.17 bits per heavy atom. The Balaban J connectivity index is 0.00000308. The summed E-state index contributed by atoms with van der Waals surface area (Å²) in [7, 11) is -5.56. The fourth-order valence-electron chi connectivity index (χ4n) is 8.88. The van der Waals surface area contributed by atoms with Gasteiger partial charge in [0.05, 0.1) is 26.8 Å². The topological polar surface area (TPSA) is 144 Å². The third-order valence-electron chi connectivity index (χ3n) is 10.7. The smallest absolute Gasteiger partial charge is 1.00 e. The van der Waals surface area contributed by atoms with Crippen LogP contribution in [0.2, 0.25) is 1.41 Å². The molecular weight excluding hydrogens is 493 g/mol. The van der Waals surface area contributed by atoms with E-state index in [9.17, 15) is 28.5 Å². The Hall–Kier alpha value is 0.260. The van der Waals surface area contributed by atoms with Gasteiger partial charge < -0.3 is 22.1 Å². The van der Waals surface area contributed by atoms with Gasteiger partial charge in [0.2, 0.25) is 5.91 Å². The molecule has 11 atom stereocenters.